The number of anilines is 1. The van der Waals surface area contributed by atoms with Gasteiger partial charge in [-0.3, -0.25) is 15.6 Å². The minimum atomic E-state index is -0.310. The molecule has 0 bridgehead atoms. The van der Waals surface area contributed by atoms with Crippen LogP contribution in [0, 0.1) is 19.7 Å². The summed E-state index contributed by atoms with van der Waals surface area (Å²) in [6.45, 7) is 4.26. The number of benzene rings is 1. The lowest BCUT2D eigenvalue weighted by Crippen LogP contribution is -2.27. The summed E-state index contributed by atoms with van der Waals surface area (Å²) in [6.07, 6.45) is 9.77. The third-order valence-electron chi connectivity index (χ3n) is 5.05. The molecule has 1 saturated carbocycles. The standard InChI is InChI=1S/C21H26FN3O/c1-15-14-17(16(2)25(15)20-6-4-3-5-7-20)8-13-21(26)24-23-19-11-9-18(22)10-12-19/h8-14,20,23H,3-7H2,1-2H3,(H,24,26). The summed E-state index contributed by atoms with van der Waals surface area (Å²) >= 11 is 0. The molecule has 26 heavy (non-hydrogen) atoms. The van der Waals surface area contributed by atoms with Crippen LogP contribution in [0.25, 0.3) is 6.08 Å². The second-order valence-corrected chi connectivity index (χ2v) is 6.94. The Hall–Kier alpha value is -2.56. The van der Waals surface area contributed by atoms with Gasteiger partial charge < -0.3 is 4.57 Å². The van der Waals surface area contributed by atoms with Crippen LogP contribution >= 0.6 is 0 Å². The van der Waals surface area contributed by atoms with Gasteiger partial charge in [0.25, 0.3) is 5.91 Å². The highest BCUT2D eigenvalue weighted by molar-refractivity contribution is 5.92. The molecule has 3 rings (SSSR count). The van der Waals surface area contributed by atoms with Gasteiger partial charge in [-0.05, 0) is 68.7 Å². The van der Waals surface area contributed by atoms with Crippen LogP contribution in [0.3, 0.4) is 0 Å². The van der Waals surface area contributed by atoms with Crippen molar-refractivity contribution in [2.75, 3.05) is 5.43 Å². The number of hydrazine groups is 1. The van der Waals surface area contributed by atoms with Gasteiger partial charge in [0, 0.05) is 23.5 Å². The molecule has 1 heterocycles. The van der Waals surface area contributed by atoms with Crippen molar-refractivity contribution in [3.05, 3.63) is 59.2 Å². The van der Waals surface area contributed by atoms with Crippen molar-refractivity contribution in [2.24, 2.45) is 0 Å². The minimum absolute atomic E-state index is 0.253. The maximum Gasteiger partial charge on any atom is 0.262 e. The van der Waals surface area contributed by atoms with Crippen LogP contribution in [0.4, 0.5) is 10.1 Å². The molecule has 4 nitrogen and oxygen atoms in total. The Labute approximate surface area is 154 Å². The van der Waals surface area contributed by atoms with Crippen LogP contribution in [0.15, 0.2) is 36.4 Å². The lowest BCUT2D eigenvalue weighted by atomic mass is 9.95. The average Bonchev–Trinajstić information content (AvgIpc) is 2.93. The summed E-state index contributed by atoms with van der Waals surface area (Å²) < 4.78 is 15.3. The summed E-state index contributed by atoms with van der Waals surface area (Å²) in [4.78, 5) is 12.0. The minimum Gasteiger partial charge on any atom is -0.346 e. The molecule has 0 atom stereocenters. The van der Waals surface area contributed by atoms with E-state index in [1.807, 2.05) is 6.08 Å². The highest BCUT2D eigenvalue weighted by atomic mass is 19.1. The number of aryl methyl sites for hydroxylation is 1. The first-order valence-electron chi connectivity index (χ1n) is 9.22. The van der Waals surface area contributed by atoms with Gasteiger partial charge in [0.15, 0.2) is 0 Å². The highest BCUT2D eigenvalue weighted by Crippen LogP contribution is 2.32. The van der Waals surface area contributed by atoms with Gasteiger partial charge in [-0.25, -0.2) is 4.39 Å². The summed E-state index contributed by atoms with van der Waals surface area (Å²) in [5.41, 5.74) is 9.52. The topological polar surface area (TPSA) is 46.1 Å². The van der Waals surface area contributed by atoms with E-state index in [0.29, 0.717) is 11.7 Å². The average molecular weight is 355 g/mol. The SMILES string of the molecule is Cc1cc(C=CC(=O)NNc2ccc(F)cc2)c(C)n1C1CCCCC1. The fourth-order valence-corrected chi connectivity index (χ4v) is 3.75. The van der Waals surface area contributed by atoms with E-state index in [-0.39, 0.29) is 11.7 Å². The highest BCUT2D eigenvalue weighted by Gasteiger charge is 2.19. The predicted octanol–water partition coefficient (Wildman–Crippen LogP) is 4.91. The summed E-state index contributed by atoms with van der Waals surface area (Å²) in [5, 5.41) is 0. The van der Waals surface area contributed by atoms with Crippen LogP contribution in [0.1, 0.15) is 55.1 Å². The van der Waals surface area contributed by atoms with Crippen molar-refractivity contribution in [3.8, 4) is 0 Å². The first-order valence-corrected chi connectivity index (χ1v) is 9.22. The monoisotopic (exact) mass is 355 g/mol. The fourth-order valence-electron chi connectivity index (χ4n) is 3.75. The van der Waals surface area contributed by atoms with Crippen molar-refractivity contribution >= 4 is 17.7 Å². The van der Waals surface area contributed by atoms with Crippen molar-refractivity contribution in [3.63, 3.8) is 0 Å². The second kappa shape index (κ2) is 8.21. The number of carbonyl (C=O) groups excluding carboxylic acids is 1. The molecule has 1 aromatic carbocycles. The number of rotatable bonds is 5. The van der Waals surface area contributed by atoms with Crippen LogP contribution in [-0.2, 0) is 4.79 Å². The van der Waals surface area contributed by atoms with Gasteiger partial charge >= 0.3 is 0 Å². The van der Waals surface area contributed by atoms with Gasteiger partial charge in [0.2, 0.25) is 0 Å². The van der Waals surface area contributed by atoms with E-state index in [9.17, 15) is 9.18 Å². The van der Waals surface area contributed by atoms with E-state index in [4.69, 9.17) is 0 Å². The first-order chi connectivity index (χ1) is 12.5. The molecule has 2 N–H and O–H groups in total. The lowest BCUT2D eigenvalue weighted by molar-refractivity contribution is -0.115. The quantitative estimate of drug-likeness (QED) is 0.591. The van der Waals surface area contributed by atoms with E-state index in [2.05, 4.69) is 35.3 Å². The Morgan fingerprint density at radius 2 is 1.85 bits per heavy atom. The molecule has 5 heteroatoms. The van der Waals surface area contributed by atoms with E-state index in [0.717, 1.165) is 5.56 Å². The molecule has 1 aromatic heterocycles. The number of hydrogen-bond acceptors (Lipinski definition) is 2. The zero-order chi connectivity index (χ0) is 18.5. The van der Waals surface area contributed by atoms with Gasteiger partial charge in [0.05, 0.1) is 5.69 Å². The lowest BCUT2D eigenvalue weighted by Gasteiger charge is -2.26. The van der Waals surface area contributed by atoms with Crippen LogP contribution < -0.4 is 10.9 Å². The van der Waals surface area contributed by atoms with Gasteiger partial charge in [-0.15, -0.1) is 0 Å². The Morgan fingerprint density at radius 1 is 1.15 bits per heavy atom. The Morgan fingerprint density at radius 3 is 2.54 bits per heavy atom. The Kier molecular flexibility index (Phi) is 5.76. The van der Waals surface area contributed by atoms with Crippen molar-refractivity contribution in [2.45, 2.75) is 52.0 Å². The molecule has 0 aliphatic heterocycles. The number of carbonyl (C=O) groups is 1. The number of nitrogens with one attached hydrogen (secondary N) is 2. The molecule has 0 spiro atoms. The van der Waals surface area contributed by atoms with Crippen LogP contribution in [-0.4, -0.2) is 10.5 Å². The van der Waals surface area contributed by atoms with Crippen molar-refractivity contribution in [1.29, 1.82) is 0 Å². The number of hydrogen-bond donors (Lipinski definition) is 2. The summed E-state index contributed by atoms with van der Waals surface area (Å²) in [7, 11) is 0. The van der Waals surface area contributed by atoms with E-state index < -0.39 is 0 Å². The smallest absolute Gasteiger partial charge is 0.262 e. The Balaban J connectivity index is 1.62. The predicted molar refractivity (Wildman–Crippen MR) is 103 cm³/mol. The van der Waals surface area contributed by atoms with Gasteiger partial charge in [0.1, 0.15) is 5.82 Å². The second-order valence-electron chi connectivity index (χ2n) is 6.94. The molecule has 1 fully saturated rings. The van der Waals surface area contributed by atoms with E-state index in [1.165, 1.54) is 61.7 Å². The summed E-state index contributed by atoms with van der Waals surface area (Å²) in [5.74, 6) is -0.563. The van der Waals surface area contributed by atoms with Crippen LogP contribution in [0.2, 0.25) is 0 Å². The molecule has 1 aliphatic rings. The Bertz CT molecular complexity index is 786. The number of nitrogens with zero attached hydrogens (tertiary/aromatic N) is 1. The van der Waals surface area contributed by atoms with Crippen LogP contribution in [0.5, 0.6) is 0 Å². The van der Waals surface area contributed by atoms with Gasteiger partial charge in [-0.2, -0.15) is 0 Å². The zero-order valence-electron chi connectivity index (χ0n) is 15.4. The number of halogens is 1. The first kappa shape index (κ1) is 18.2. The third kappa shape index (κ3) is 4.34. The van der Waals surface area contributed by atoms with E-state index >= 15 is 0 Å². The third-order valence-corrected chi connectivity index (χ3v) is 5.05. The molecule has 2 aromatic rings. The fraction of sp³-hybridized carbons (Fsp3) is 0.381. The maximum absolute atomic E-state index is 12.9. The molecular weight excluding hydrogens is 329 g/mol. The number of amides is 1. The normalized spacial score (nSPS) is 15.3. The molecule has 1 amide bonds. The molecule has 138 valence electrons. The molecule has 0 saturated heterocycles. The number of aromatic nitrogens is 1. The van der Waals surface area contributed by atoms with Crippen molar-refractivity contribution < 1.29 is 9.18 Å². The summed E-state index contributed by atoms with van der Waals surface area (Å²) in [6, 6.07) is 8.53. The largest absolute Gasteiger partial charge is 0.346 e. The maximum atomic E-state index is 12.9. The zero-order valence-corrected chi connectivity index (χ0v) is 15.4. The van der Waals surface area contributed by atoms with Gasteiger partial charge in [-0.1, -0.05) is 19.3 Å². The molecule has 0 radical (unpaired) electrons. The molecule has 0 unspecified atom stereocenters. The molecular formula is C21H26FN3O. The van der Waals surface area contributed by atoms with E-state index in [1.54, 1.807) is 12.1 Å². The van der Waals surface area contributed by atoms with Crippen molar-refractivity contribution in [1.82, 2.24) is 9.99 Å². The molecule has 1 aliphatic carbocycles.